The first-order chi connectivity index (χ1) is 10.6. The van der Waals surface area contributed by atoms with Gasteiger partial charge in [-0.2, -0.15) is 5.26 Å². The first-order valence-corrected chi connectivity index (χ1v) is 7.50. The highest BCUT2D eigenvalue weighted by atomic mass is 32.2. The van der Waals surface area contributed by atoms with E-state index in [0.717, 1.165) is 11.3 Å². The Balaban J connectivity index is 2.06. The van der Waals surface area contributed by atoms with Crippen LogP contribution < -0.4 is 4.74 Å². The molecule has 0 fully saturated rings. The van der Waals surface area contributed by atoms with Gasteiger partial charge in [-0.05, 0) is 41.5 Å². The zero-order valence-electron chi connectivity index (χ0n) is 12.0. The molecule has 0 aliphatic carbocycles. The van der Waals surface area contributed by atoms with Gasteiger partial charge in [0.2, 0.25) is 0 Å². The number of thioether (sulfide) groups is 1. The van der Waals surface area contributed by atoms with Gasteiger partial charge < -0.3 is 14.9 Å². The van der Waals surface area contributed by atoms with Crippen LogP contribution in [0.25, 0.3) is 6.08 Å². The van der Waals surface area contributed by atoms with E-state index in [-0.39, 0.29) is 11.5 Å². The number of hydrogen-bond donors (Lipinski definition) is 2. The lowest BCUT2D eigenvalue weighted by Crippen LogP contribution is -1.85. The van der Waals surface area contributed by atoms with E-state index in [1.54, 1.807) is 19.3 Å². The number of allylic oxidation sites excluding steroid dienone is 1. The standard InChI is InChI=1S/C17H15NO3S/c1-21-14-5-2-12(3-6-14)11-22-15(10-18)8-13-4-7-16(19)17(20)9-13/h2-9,19-20H,11H2,1H3. The third-order valence-electron chi connectivity index (χ3n) is 2.96. The summed E-state index contributed by atoms with van der Waals surface area (Å²) in [6, 6.07) is 14.2. The monoisotopic (exact) mass is 313 g/mol. The minimum atomic E-state index is -0.203. The van der Waals surface area contributed by atoms with E-state index in [0.29, 0.717) is 16.2 Å². The summed E-state index contributed by atoms with van der Waals surface area (Å²) in [7, 11) is 1.62. The molecule has 4 nitrogen and oxygen atoms in total. The Morgan fingerprint density at radius 3 is 2.50 bits per heavy atom. The van der Waals surface area contributed by atoms with Crippen molar-refractivity contribution in [3.05, 3.63) is 58.5 Å². The maximum Gasteiger partial charge on any atom is 0.157 e. The van der Waals surface area contributed by atoms with E-state index < -0.39 is 0 Å². The molecule has 22 heavy (non-hydrogen) atoms. The van der Waals surface area contributed by atoms with Crippen molar-refractivity contribution < 1.29 is 14.9 Å². The number of rotatable bonds is 5. The van der Waals surface area contributed by atoms with Crippen LogP contribution in [0.1, 0.15) is 11.1 Å². The van der Waals surface area contributed by atoms with E-state index in [4.69, 9.17) is 4.74 Å². The predicted molar refractivity (Wildman–Crippen MR) is 87.7 cm³/mol. The van der Waals surface area contributed by atoms with E-state index >= 15 is 0 Å². The van der Waals surface area contributed by atoms with Gasteiger partial charge in [-0.25, -0.2) is 0 Å². The Morgan fingerprint density at radius 1 is 1.18 bits per heavy atom. The summed E-state index contributed by atoms with van der Waals surface area (Å²) in [5.74, 6) is 1.07. The van der Waals surface area contributed by atoms with Crippen molar-refractivity contribution in [2.45, 2.75) is 5.75 Å². The number of aromatic hydroxyl groups is 2. The van der Waals surface area contributed by atoms with Crippen LogP contribution in [0.2, 0.25) is 0 Å². The Kier molecular flexibility index (Phi) is 5.34. The number of nitriles is 1. The largest absolute Gasteiger partial charge is 0.504 e. The van der Waals surface area contributed by atoms with Gasteiger partial charge in [0.25, 0.3) is 0 Å². The zero-order valence-corrected chi connectivity index (χ0v) is 12.8. The molecule has 0 spiro atoms. The first kappa shape index (κ1) is 15.8. The fourth-order valence-corrected chi connectivity index (χ4v) is 2.57. The molecule has 0 aliphatic rings. The molecule has 2 aromatic rings. The van der Waals surface area contributed by atoms with Gasteiger partial charge in [0.1, 0.15) is 11.8 Å². The Morgan fingerprint density at radius 2 is 1.91 bits per heavy atom. The number of phenolic OH excluding ortho intramolecular Hbond substituents is 2. The maximum absolute atomic E-state index is 9.46. The van der Waals surface area contributed by atoms with Crippen molar-refractivity contribution in [3.8, 4) is 23.3 Å². The minimum Gasteiger partial charge on any atom is -0.504 e. The Hall–Kier alpha value is -2.58. The Bertz CT molecular complexity index is 718. The summed E-state index contributed by atoms with van der Waals surface area (Å²) < 4.78 is 5.10. The molecule has 0 unspecified atom stereocenters. The van der Waals surface area contributed by atoms with Crippen molar-refractivity contribution >= 4 is 17.8 Å². The van der Waals surface area contributed by atoms with Gasteiger partial charge in [0, 0.05) is 5.75 Å². The van der Waals surface area contributed by atoms with Crippen LogP contribution in [0.15, 0.2) is 47.4 Å². The summed E-state index contributed by atoms with van der Waals surface area (Å²) in [5, 5.41) is 27.9. The minimum absolute atomic E-state index is 0.179. The van der Waals surface area contributed by atoms with Gasteiger partial charge in [-0.15, -0.1) is 11.8 Å². The highest BCUT2D eigenvalue weighted by Gasteiger charge is 2.03. The number of ether oxygens (including phenoxy) is 1. The molecule has 0 amide bonds. The second-order valence-corrected chi connectivity index (χ2v) is 5.52. The fraction of sp³-hybridized carbons (Fsp3) is 0.118. The molecule has 0 aliphatic heterocycles. The van der Waals surface area contributed by atoms with E-state index in [2.05, 4.69) is 6.07 Å². The summed E-state index contributed by atoms with van der Waals surface area (Å²) in [4.78, 5) is 0.529. The summed E-state index contributed by atoms with van der Waals surface area (Å²) >= 11 is 1.41. The van der Waals surface area contributed by atoms with Gasteiger partial charge in [-0.3, -0.25) is 0 Å². The average Bonchev–Trinajstić information content (AvgIpc) is 2.55. The molecule has 0 saturated heterocycles. The van der Waals surface area contributed by atoms with Gasteiger partial charge in [0.15, 0.2) is 11.5 Å². The number of hydrogen-bond acceptors (Lipinski definition) is 5. The molecule has 0 radical (unpaired) electrons. The molecule has 0 saturated carbocycles. The number of benzene rings is 2. The summed E-state index contributed by atoms with van der Waals surface area (Å²) in [5.41, 5.74) is 1.74. The van der Waals surface area contributed by atoms with Crippen LogP contribution in [0.4, 0.5) is 0 Å². The first-order valence-electron chi connectivity index (χ1n) is 6.52. The molecular weight excluding hydrogens is 298 g/mol. The van der Waals surface area contributed by atoms with Crippen LogP contribution in [0.3, 0.4) is 0 Å². The number of methoxy groups -OCH3 is 1. The molecule has 2 N–H and O–H groups in total. The lowest BCUT2D eigenvalue weighted by Gasteiger charge is -2.03. The fourth-order valence-electron chi connectivity index (χ4n) is 1.77. The van der Waals surface area contributed by atoms with Crippen molar-refractivity contribution in [2.24, 2.45) is 0 Å². The highest BCUT2D eigenvalue weighted by Crippen LogP contribution is 2.28. The molecular formula is C17H15NO3S. The molecule has 0 aromatic heterocycles. The molecule has 2 aromatic carbocycles. The van der Waals surface area contributed by atoms with Gasteiger partial charge >= 0.3 is 0 Å². The third kappa shape index (κ3) is 4.21. The normalized spacial score (nSPS) is 11.0. The third-order valence-corrected chi connectivity index (χ3v) is 3.96. The van der Waals surface area contributed by atoms with E-state index in [9.17, 15) is 15.5 Å². The quantitative estimate of drug-likeness (QED) is 0.647. The molecule has 2 rings (SSSR count). The van der Waals surface area contributed by atoms with Crippen LogP contribution >= 0.6 is 11.8 Å². The predicted octanol–water partition coefficient (Wildman–Crippen LogP) is 3.90. The number of phenols is 2. The van der Waals surface area contributed by atoms with E-state index in [1.165, 1.54) is 23.9 Å². The van der Waals surface area contributed by atoms with Crippen LogP contribution in [0.5, 0.6) is 17.2 Å². The molecule has 0 atom stereocenters. The second kappa shape index (κ2) is 7.43. The van der Waals surface area contributed by atoms with E-state index in [1.807, 2.05) is 24.3 Å². The summed E-state index contributed by atoms with van der Waals surface area (Å²) in [6.07, 6.45) is 1.67. The van der Waals surface area contributed by atoms with Crippen molar-refractivity contribution in [2.75, 3.05) is 7.11 Å². The zero-order chi connectivity index (χ0) is 15.9. The lowest BCUT2D eigenvalue weighted by molar-refractivity contribution is 0.403. The van der Waals surface area contributed by atoms with Crippen molar-refractivity contribution in [1.82, 2.24) is 0 Å². The molecule has 112 valence electrons. The molecule has 5 heteroatoms. The summed E-state index contributed by atoms with van der Waals surface area (Å²) in [6.45, 7) is 0. The Labute approximate surface area is 133 Å². The van der Waals surface area contributed by atoms with Crippen molar-refractivity contribution in [3.63, 3.8) is 0 Å². The van der Waals surface area contributed by atoms with Crippen molar-refractivity contribution in [1.29, 1.82) is 5.26 Å². The average molecular weight is 313 g/mol. The lowest BCUT2D eigenvalue weighted by atomic mass is 10.2. The van der Waals surface area contributed by atoms with Gasteiger partial charge in [-0.1, -0.05) is 18.2 Å². The smallest absolute Gasteiger partial charge is 0.157 e. The topological polar surface area (TPSA) is 73.5 Å². The number of nitrogens with zero attached hydrogens (tertiary/aromatic N) is 1. The molecule has 0 heterocycles. The van der Waals surface area contributed by atoms with Crippen LogP contribution in [0, 0.1) is 11.3 Å². The van der Waals surface area contributed by atoms with Gasteiger partial charge in [0.05, 0.1) is 12.0 Å². The maximum atomic E-state index is 9.46. The SMILES string of the molecule is COc1ccc(CSC(C#N)=Cc2ccc(O)c(O)c2)cc1. The highest BCUT2D eigenvalue weighted by molar-refractivity contribution is 8.02. The molecule has 0 bridgehead atoms. The van der Waals surface area contributed by atoms with Crippen LogP contribution in [-0.2, 0) is 5.75 Å². The van der Waals surface area contributed by atoms with Crippen LogP contribution in [-0.4, -0.2) is 17.3 Å². The second-order valence-electron chi connectivity index (χ2n) is 4.51.